The number of fused-ring (bicyclic) bond motifs is 10. The number of ether oxygens (including phenoxy) is 6. The minimum absolute atomic E-state index is 0.0115. The second-order valence-corrected chi connectivity index (χ2v) is 40.0. The topological polar surface area (TPSA) is 390 Å². The Morgan fingerprint density at radius 1 is 0.581 bits per heavy atom. The third-order valence-corrected chi connectivity index (χ3v) is 29.6. The minimum Gasteiger partial charge on any atom is -0.497 e. The molecule has 6 N–H and O–H groups in total. The number of hydrogen-bond donors (Lipinski definition) is 6. The molecule has 2 aromatic heterocycles. The average Bonchev–Trinajstić information content (AvgIpc) is 1.57. The van der Waals surface area contributed by atoms with E-state index in [2.05, 4.69) is 35.1 Å². The van der Waals surface area contributed by atoms with Gasteiger partial charge < -0.3 is 59.5 Å². The van der Waals surface area contributed by atoms with Gasteiger partial charge >= 0.3 is 12.2 Å². The molecule has 4 aromatic rings. The predicted molar refractivity (Wildman–Crippen MR) is 415 cm³/mol. The van der Waals surface area contributed by atoms with Gasteiger partial charge in [0.15, 0.2) is 0 Å². The molecular weight excluding hydrogens is 1570 g/mol. The van der Waals surface area contributed by atoms with Crippen molar-refractivity contribution in [1.29, 1.82) is 0 Å². The highest BCUT2D eigenvalue weighted by molar-refractivity contribution is 7.91. The Morgan fingerprint density at radius 3 is 1.56 bits per heavy atom. The fourth-order valence-electron chi connectivity index (χ4n) is 18.7. The number of aryl methyl sites for hydroxylation is 2. The van der Waals surface area contributed by atoms with Gasteiger partial charge in [0.25, 0.3) is 11.8 Å². The highest BCUT2D eigenvalue weighted by Crippen LogP contribution is 2.51. The number of alkyl carbamates (subject to hydrolysis) is 2. The Morgan fingerprint density at radius 2 is 1.07 bits per heavy atom. The number of halogens is 4. The molecule has 14 rings (SSSR count). The van der Waals surface area contributed by atoms with Crippen molar-refractivity contribution in [3.05, 3.63) is 47.3 Å². The van der Waals surface area contributed by atoms with E-state index in [9.17, 15) is 53.6 Å². The van der Waals surface area contributed by atoms with Gasteiger partial charge in [-0.15, -0.1) is 0 Å². The Balaban J connectivity index is 0.816. The van der Waals surface area contributed by atoms with Gasteiger partial charge in [-0.05, 0) is 173 Å². The Kier molecular flexibility index (Phi) is 24.0. The minimum atomic E-state index is -4.32. The molecule has 16 unspecified atom stereocenters. The molecule has 30 nitrogen and oxygen atoms in total. The zero-order valence-corrected chi connectivity index (χ0v) is 69.2. The van der Waals surface area contributed by atoms with E-state index in [0.29, 0.717) is 84.2 Å². The van der Waals surface area contributed by atoms with E-state index in [-0.39, 0.29) is 118 Å². The first kappa shape index (κ1) is 84.7. The number of alkyl halides is 4. The van der Waals surface area contributed by atoms with Crippen LogP contribution in [0.4, 0.5) is 27.2 Å². The number of carbonyl (C=O) groups is 8. The van der Waals surface area contributed by atoms with Crippen LogP contribution in [0.3, 0.4) is 0 Å². The molecule has 8 fully saturated rings. The molecule has 4 bridgehead atoms. The highest BCUT2D eigenvalue weighted by atomic mass is 32.2. The standard InChI is InChI=1S/C81H108F4N12O18S2/c1-41-20-28-61-50(41)16-13-11-15-19-55-71(113-46-33-59(96(39-46)72(100)65(78(3,4)5)90-76(104)114-61)68(98)92-80(37-44(80)31-64(82)83)74(102)94-116(106,107)48-23-24-48)89-58-35-63(111-9)43(30-56(58)87-55)36-79(6,7)66-73(101)97-40-47(34-60(97)69(99)93-81(38-52(81)67(84)85)75(103)95-117(108,109)49-25-26-49)112-70-54(86-53-27-22-45(110-8)32-57(53)88-70)18-14-10-12-17-51-42(2)21-29-62(51)115-77(105)91-66/h22,27,30,32,35,41-42,44,46-52,59-62,64-67H,10-21,23-26,28-29,31,33-34,36-40H2,1-9H3,(H,90,104)(H,91,105)(H,92,98)(H,93,99)(H,94,102)(H,95,103). The third-order valence-electron chi connectivity index (χ3n) is 26.0. The molecule has 2 saturated heterocycles. The summed E-state index contributed by atoms with van der Waals surface area (Å²) in [7, 11) is -5.63. The number of hydrogen-bond acceptors (Lipinski definition) is 22. The first-order chi connectivity index (χ1) is 55.4. The number of sulfonamides is 2. The summed E-state index contributed by atoms with van der Waals surface area (Å²) in [6.45, 7) is 12.1. The number of nitrogens with one attached hydrogen (secondary N) is 6. The van der Waals surface area contributed by atoms with Crippen LogP contribution in [0.25, 0.3) is 22.1 Å². The predicted octanol–water partition coefficient (Wildman–Crippen LogP) is 8.74. The van der Waals surface area contributed by atoms with Gasteiger partial charge in [-0.25, -0.2) is 63.9 Å². The third kappa shape index (κ3) is 18.3. The summed E-state index contributed by atoms with van der Waals surface area (Å²) < 4.78 is 153. The van der Waals surface area contributed by atoms with Crippen molar-refractivity contribution in [2.45, 2.75) is 286 Å². The molecule has 10 aliphatic rings. The summed E-state index contributed by atoms with van der Waals surface area (Å²) in [5, 5.41) is 9.09. The van der Waals surface area contributed by atoms with Crippen LogP contribution in [0.5, 0.6) is 23.3 Å². The fraction of sp³-hybridized carbons (Fsp3) is 0.704. The van der Waals surface area contributed by atoms with E-state index < -0.39 is 186 Å². The van der Waals surface area contributed by atoms with Crippen LogP contribution in [0.15, 0.2) is 30.3 Å². The molecule has 16 atom stereocenters. The van der Waals surface area contributed by atoms with E-state index in [1.807, 2.05) is 9.44 Å². The summed E-state index contributed by atoms with van der Waals surface area (Å²) in [4.78, 5) is 142. The van der Waals surface area contributed by atoms with E-state index in [1.54, 1.807) is 65.0 Å². The molecule has 0 spiro atoms. The van der Waals surface area contributed by atoms with Gasteiger partial charge in [-0.1, -0.05) is 74.1 Å². The normalized spacial score (nSPS) is 30.9. The summed E-state index contributed by atoms with van der Waals surface area (Å²) in [5.41, 5.74) is -4.19. The molecule has 117 heavy (non-hydrogen) atoms. The number of benzene rings is 2. The Labute approximate surface area is 677 Å². The van der Waals surface area contributed by atoms with Crippen LogP contribution in [0.1, 0.15) is 200 Å². The number of nitrogens with zero attached hydrogens (tertiary/aromatic N) is 6. The van der Waals surface area contributed by atoms with Crippen molar-refractivity contribution >= 4 is 89.7 Å². The average molecular weight is 1680 g/mol. The van der Waals surface area contributed by atoms with Crippen molar-refractivity contribution in [3.8, 4) is 23.3 Å². The van der Waals surface area contributed by atoms with E-state index in [1.165, 1.54) is 24.0 Å². The number of carbonyl (C=O) groups excluding carboxylic acids is 8. The first-order valence-corrected chi connectivity index (χ1v) is 44.4. The van der Waals surface area contributed by atoms with E-state index in [4.69, 9.17) is 48.4 Å². The summed E-state index contributed by atoms with van der Waals surface area (Å²) in [6.07, 6.45) is -3.69. The van der Waals surface area contributed by atoms with Crippen molar-refractivity contribution < 1.29 is 101 Å². The maximum atomic E-state index is 16.4. The Hall–Kier alpha value is -8.70. The van der Waals surface area contributed by atoms with Crippen molar-refractivity contribution in [2.24, 2.45) is 46.3 Å². The molecule has 8 amide bonds. The van der Waals surface area contributed by atoms with Crippen molar-refractivity contribution in [3.63, 3.8) is 0 Å². The number of aromatic nitrogens is 4. The van der Waals surface area contributed by atoms with Gasteiger partial charge in [-0.3, -0.25) is 38.2 Å². The highest BCUT2D eigenvalue weighted by Gasteiger charge is 2.68. The van der Waals surface area contributed by atoms with Gasteiger partial charge in [0.2, 0.25) is 68.3 Å². The van der Waals surface area contributed by atoms with Crippen LogP contribution in [-0.4, -0.2) is 205 Å². The summed E-state index contributed by atoms with van der Waals surface area (Å²) >= 11 is 0. The lowest BCUT2D eigenvalue weighted by Crippen LogP contribution is -2.61. The van der Waals surface area contributed by atoms with Gasteiger partial charge in [-0.2, -0.15) is 0 Å². The summed E-state index contributed by atoms with van der Waals surface area (Å²) in [6, 6.07) is 2.45. The van der Waals surface area contributed by atoms with Crippen molar-refractivity contribution in [2.75, 3.05) is 27.3 Å². The molecular formula is C81H108F4N12O18S2. The van der Waals surface area contributed by atoms with E-state index in [0.717, 1.165) is 38.5 Å². The number of amides is 8. The van der Waals surface area contributed by atoms with Crippen LogP contribution >= 0.6 is 0 Å². The van der Waals surface area contributed by atoms with Crippen LogP contribution in [0.2, 0.25) is 0 Å². The number of rotatable bonds is 18. The largest absolute Gasteiger partial charge is 0.497 e. The molecule has 2 aromatic carbocycles. The SMILES string of the molecule is COc1ccc2nc3c(nc2c1)OC1CC(C(=O)NC2(C(=O)NS(=O)(=O)C4CC4)CC2C(F)F)N(C1)C(=O)C(C(C)(C)Cc1cc2nc4c(nc2cc1OC)OC1CC(C(=O)NC2(C(=O)NS(=O)(=O)C5CC5)CC2CC(F)F)N(C1)C(=O)C(C(C)(C)C)NC(=O)OC1CCC(C)C1CCCCC4)NC(=O)OC1CCC(C)C1CCCCC3. The second-order valence-electron chi connectivity index (χ2n) is 36.1. The lowest BCUT2D eigenvalue weighted by molar-refractivity contribution is -0.143. The first-order valence-electron chi connectivity index (χ1n) is 41.3. The molecule has 4 aliphatic heterocycles. The van der Waals surface area contributed by atoms with E-state index >= 15 is 19.2 Å². The Bertz CT molecular complexity index is 4770. The fourth-order valence-corrected chi connectivity index (χ4v) is 21.4. The summed E-state index contributed by atoms with van der Waals surface area (Å²) in [5.74, 6) is -8.09. The van der Waals surface area contributed by atoms with Crippen molar-refractivity contribution in [1.82, 2.24) is 60.4 Å². The second kappa shape index (κ2) is 33.1. The van der Waals surface area contributed by atoms with Crippen LogP contribution in [-0.2, 0) is 77.5 Å². The maximum Gasteiger partial charge on any atom is 0.408 e. The molecule has 36 heteroatoms. The monoisotopic (exact) mass is 1680 g/mol. The molecule has 6 saturated carbocycles. The van der Waals surface area contributed by atoms with Gasteiger partial charge in [0.1, 0.15) is 82.5 Å². The quantitative estimate of drug-likeness (QED) is 0.0507. The maximum absolute atomic E-state index is 16.4. The molecule has 6 heterocycles. The lowest BCUT2D eigenvalue weighted by atomic mass is 9.77. The van der Waals surface area contributed by atoms with Crippen LogP contribution < -0.4 is 49.7 Å². The van der Waals surface area contributed by atoms with Gasteiger partial charge in [0.05, 0.1) is 65.8 Å². The molecule has 640 valence electrons. The van der Waals surface area contributed by atoms with Crippen LogP contribution in [0, 0.1) is 46.3 Å². The number of methoxy groups -OCH3 is 2. The molecule has 0 radical (unpaired) electrons. The lowest BCUT2D eigenvalue weighted by Gasteiger charge is -2.38. The zero-order valence-electron chi connectivity index (χ0n) is 67.5. The molecule has 6 aliphatic carbocycles. The zero-order chi connectivity index (χ0) is 83.8. The van der Waals surface area contributed by atoms with Gasteiger partial charge in [0, 0.05) is 31.4 Å². The smallest absolute Gasteiger partial charge is 0.408 e.